The number of rotatable bonds is 12. The number of nitrogens with zero attached hydrogens (tertiary/aromatic N) is 6. The van der Waals surface area contributed by atoms with Gasteiger partial charge in [0.1, 0.15) is 73.0 Å². The Morgan fingerprint density at radius 3 is 0.855 bits per heavy atom. The standard InChI is InChI=1S/C51H84N12O3.3ClH/c1-46(2)31-61(43(64)49(7,8)58-46)28-37(52-34-22-16-13-17-23-34)40-55-41(38(53-35-24-18-14-19-25-35)29-62-32-47(3,4)59-50(9,10)44(62)65)57-42(56-40)39(54-36-26-20-15-21-27-36)30-63-33-48(5,6)60-51(11,12)45(63)66;;;/h34-36,58-60H,13-33H2,1-12H3;3*1H. The average molecular weight is 1020 g/mol. The molecule has 3 unspecified atom stereocenters. The van der Waals surface area contributed by atoms with Crippen molar-refractivity contribution < 1.29 is 66.3 Å². The van der Waals surface area contributed by atoms with Crippen LogP contribution in [0.15, 0.2) is 15.0 Å². The number of carbonyl (C=O) groups excluding carboxylic acids is 3. The second kappa shape index (κ2) is 23.3. The fourth-order valence-electron chi connectivity index (χ4n) is 12.6. The molecule has 0 spiro atoms. The van der Waals surface area contributed by atoms with E-state index < -0.39 is 16.6 Å². The Bertz CT molecular complexity index is 1830. The number of halogens is 3. The van der Waals surface area contributed by atoms with Gasteiger partial charge in [0.25, 0.3) is 0 Å². The lowest BCUT2D eigenvalue weighted by molar-refractivity contribution is -0.822. The van der Waals surface area contributed by atoms with Gasteiger partial charge < -0.3 is 37.2 Å². The normalized spacial score (nSPS) is 28.8. The van der Waals surface area contributed by atoms with Crippen molar-refractivity contribution in [3.63, 3.8) is 0 Å². The molecule has 0 bridgehead atoms. The maximum atomic E-state index is 14.4. The Hall–Kier alpha value is -2.34. The lowest BCUT2D eigenvalue weighted by Crippen LogP contribution is -3.22. The summed E-state index contributed by atoms with van der Waals surface area (Å²) >= 11 is 0. The molecule has 3 saturated heterocycles. The fourth-order valence-corrected chi connectivity index (χ4v) is 12.6. The minimum absolute atomic E-state index is 0. The van der Waals surface area contributed by atoms with Crippen molar-refractivity contribution >= 4 is 34.9 Å². The Balaban J connectivity index is 0.00000346. The van der Waals surface area contributed by atoms with Crippen molar-refractivity contribution in [3.8, 4) is 0 Å². The van der Waals surface area contributed by atoms with Gasteiger partial charge in [-0.1, -0.05) is 57.8 Å². The first-order valence-electron chi connectivity index (χ1n) is 25.8. The van der Waals surface area contributed by atoms with E-state index in [0.29, 0.717) is 73.9 Å². The molecule has 15 nitrogen and oxygen atoms in total. The number of hydrogen-bond acceptors (Lipinski definition) is 12. The van der Waals surface area contributed by atoms with Gasteiger partial charge >= 0.3 is 17.7 Å². The van der Waals surface area contributed by atoms with Crippen molar-refractivity contribution in [2.75, 3.05) is 39.3 Å². The number of amides is 3. The Kier molecular flexibility index (Phi) is 20.0. The van der Waals surface area contributed by atoms with Gasteiger partial charge in [0, 0.05) is 0 Å². The summed E-state index contributed by atoms with van der Waals surface area (Å²) in [6, 6.07) is 0.254. The van der Waals surface area contributed by atoms with Gasteiger partial charge in [-0.2, -0.15) is 0 Å². The zero-order valence-electron chi connectivity index (χ0n) is 44.1. The van der Waals surface area contributed by atoms with Crippen LogP contribution in [0.4, 0.5) is 0 Å². The summed E-state index contributed by atoms with van der Waals surface area (Å²) in [5.41, 5.74) is -1.09. The van der Waals surface area contributed by atoms with E-state index in [1.165, 1.54) is 19.3 Å². The molecule has 4 heterocycles. The van der Waals surface area contributed by atoms with E-state index in [0.717, 1.165) is 91.7 Å². The summed E-state index contributed by atoms with van der Waals surface area (Å²) in [5.74, 6) is 1.57. The zero-order valence-corrected chi connectivity index (χ0v) is 46.4. The molecule has 69 heavy (non-hydrogen) atoms. The van der Waals surface area contributed by atoms with Gasteiger partial charge in [0.15, 0.2) is 17.5 Å². The van der Waals surface area contributed by atoms with Crippen LogP contribution in [0.1, 0.15) is 197 Å². The largest absolute Gasteiger partial charge is 1.00 e. The number of aliphatic imine (C=N–C) groups is 3. The van der Waals surface area contributed by atoms with Crippen LogP contribution in [0.3, 0.4) is 0 Å². The maximum Gasteiger partial charge on any atom is 0.332 e. The molecular formula is C51H87Cl3N12O3. The molecule has 1 aromatic heterocycles. The average Bonchev–Trinajstić information content (AvgIpc) is 3.22. The van der Waals surface area contributed by atoms with E-state index in [1.54, 1.807) is 0 Å². The lowest BCUT2D eigenvalue weighted by Gasteiger charge is -2.43. The number of nitrogens with one attached hydrogen (secondary N) is 6. The summed E-state index contributed by atoms with van der Waals surface area (Å²) in [4.78, 5) is 78.5. The quantitative estimate of drug-likeness (QED) is 0.111. The van der Waals surface area contributed by atoms with Crippen LogP contribution >= 0.6 is 0 Å². The Morgan fingerprint density at radius 2 is 0.638 bits per heavy atom. The molecular weight excluding hydrogens is 935 g/mol. The first kappa shape index (κ1) is 59.2. The van der Waals surface area contributed by atoms with E-state index in [2.05, 4.69) is 57.5 Å². The molecule has 3 aliphatic heterocycles. The molecule has 0 aromatic carbocycles. The molecule has 1 aromatic rings. The smallest absolute Gasteiger partial charge is 0.332 e. The molecule has 3 saturated carbocycles. The number of aromatic nitrogens is 3. The highest BCUT2D eigenvalue weighted by Gasteiger charge is 2.51. The van der Waals surface area contributed by atoms with Gasteiger partial charge in [0.05, 0.1) is 34.7 Å². The predicted octanol–water partition coefficient (Wildman–Crippen LogP) is -7.04. The van der Waals surface area contributed by atoms with Crippen LogP contribution in [0.2, 0.25) is 0 Å². The molecule has 18 heteroatoms. The summed E-state index contributed by atoms with van der Waals surface area (Å²) in [7, 11) is 0. The number of piperazine rings is 3. The molecule has 0 radical (unpaired) electrons. The van der Waals surface area contributed by atoms with Crippen molar-refractivity contribution in [2.45, 2.75) is 231 Å². The van der Waals surface area contributed by atoms with Gasteiger partial charge in [-0.25, -0.2) is 29.3 Å². The van der Waals surface area contributed by atoms with Crippen LogP contribution < -0.4 is 67.9 Å². The monoisotopic (exact) mass is 1020 g/mol. The maximum absolute atomic E-state index is 14.4. The number of quaternary nitrogens is 3. The molecule has 3 amide bonds. The fraction of sp³-hybridized carbons (Fsp3) is 0.824. The molecule has 6 aliphatic rings. The Morgan fingerprint density at radius 1 is 0.420 bits per heavy atom. The highest BCUT2D eigenvalue weighted by molar-refractivity contribution is 6.05. The first-order chi connectivity index (χ1) is 30.8. The van der Waals surface area contributed by atoms with Crippen LogP contribution in [0, 0.1) is 0 Å². The second-order valence-corrected chi connectivity index (χ2v) is 24.7. The lowest BCUT2D eigenvalue weighted by atomic mass is 9.90. The summed E-state index contributed by atoms with van der Waals surface area (Å²) in [6.45, 7) is 27.5. The summed E-state index contributed by atoms with van der Waals surface area (Å²) in [5, 5.41) is 10.8. The minimum Gasteiger partial charge on any atom is -1.00 e. The van der Waals surface area contributed by atoms with Crippen molar-refractivity contribution in [3.05, 3.63) is 17.5 Å². The third kappa shape index (κ3) is 15.1. The van der Waals surface area contributed by atoms with Gasteiger partial charge in [-0.05, 0) is 122 Å². The number of hydrogen-bond donors (Lipinski definition) is 6. The highest BCUT2D eigenvalue weighted by Crippen LogP contribution is 2.25. The van der Waals surface area contributed by atoms with Crippen molar-refractivity contribution in [1.82, 2.24) is 30.9 Å². The highest BCUT2D eigenvalue weighted by atomic mass is 35.5. The molecule has 3 aliphatic carbocycles. The van der Waals surface area contributed by atoms with E-state index in [9.17, 15) is 14.4 Å². The van der Waals surface area contributed by atoms with Crippen molar-refractivity contribution in [1.29, 1.82) is 0 Å². The van der Waals surface area contributed by atoms with Crippen LogP contribution in [-0.4, -0.2) is 140 Å². The van der Waals surface area contributed by atoms with Crippen LogP contribution in [-0.2, 0) is 14.4 Å². The molecule has 390 valence electrons. The molecule has 6 N–H and O–H groups in total. The Labute approximate surface area is 432 Å². The van der Waals surface area contributed by atoms with E-state index >= 15 is 0 Å². The van der Waals surface area contributed by atoms with Gasteiger partial charge in [0.2, 0.25) is 0 Å². The predicted molar refractivity (Wildman–Crippen MR) is 261 cm³/mol. The zero-order chi connectivity index (χ0) is 47.9. The van der Waals surface area contributed by atoms with Crippen LogP contribution in [0.5, 0.6) is 0 Å². The topological polar surface area (TPSA) is 176 Å². The number of carbonyl (C=O) groups is 3. The van der Waals surface area contributed by atoms with E-state index in [-0.39, 0.29) is 89.7 Å². The minimum atomic E-state index is -0.748. The molecule has 6 fully saturated rings. The summed E-state index contributed by atoms with van der Waals surface area (Å²) < 4.78 is 0. The van der Waals surface area contributed by atoms with Crippen molar-refractivity contribution in [2.24, 2.45) is 15.0 Å². The first-order valence-corrected chi connectivity index (χ1v) is 25.8. The summed E-state index contributed by atoms with van der Waals surface area (Å²) in [6.07, 6.45) is 16.0. The van der Waals surface area contributed by atoms with Gasteiger partial charge in [-0.15, -0.1) is 0 Å². The van der Waals surface area contributed by atoms with Crippen LogP contribution in [0.25, 0.3) is 0 Å². The SMILES string of the molecule is CC1(C)C[NH+](CC(=NC2CCCCC2)c2nc(C(C[NH+]3CC(C)(C)NC(C)(C)C3=O)=NC3CCCCC3)nc(C(C[NH+]3CC(C)(C)NC(C)(C)C3=O)=NC3CCCCC3)n2)C(=O)C(C)(C)N1.[Cl-].[Cl-].[Cl-]. The second-order valence-electron chi connectivity index (χ2n) is 24.7. The molecule has 3 atom stereocenters. The molecule has 7 rings (SSSR count). The third-order valence-electron chi connectivity index (χ3n) is 14.9. The van der Waals surface area contributed by atoms with E-state index in [4.69, 9.17) is 29.9 Å². The third-order valence-corrected chi connectivity index (χ3v) is 14.9. The van der Waals surface area contributed by atoms with Gasteiger partial charge in [-0.3, -0.25) is 45.6 Å². The van der Waals surface area contributed by atoms with E-state index in [1.807, 2.05) is 41.5 Å².